The fourth-order valence-corrected chi connectivity index (χ4v) is 4.45. The summed E-state index contributed by atoms with van der Waals surface area (Å²) in [7, 11) is 0.656. The summed E-state index contributed by atoms with van der Waals surface area (Å²) in [5, 5.41) is 10.4. The maximum Gasteiger partial charge on any atom is 0.348 e. The van der Waals surface area contributed by atoms with E-state index in [1.807, 2.05) is 0 Å². The molecular formula is C21H22N2O8S2. The summed E-state index contributed by atoms with van der Waals surface area (Å²) < 4.78 is 41.3. The minimum Gasteiger partial charge on any atom is -0.496 e. The number of nitrogens with one attached hydrogen (secondary N) is 1. The Bertz CT molecular complexity index is 1200. The van der Waals surface area contributed by atoms with E-state index in [9.17, 15) is 18.0 Å². The molecule has 0 atom stereocenters. The molecule has 3 aromatic rings. The lowest BCUT2D eigenvalue weighted by atomic mass is 10.1. The van der Waals surface area contributed by atoms with Gasteiger partial charge < -0.3 is 25.1 Å². The molecule has 0 radical (unpaired) electrons. The van der Waals surface area contributed by atoms with Crippen molar-refractivity contribution in [1.29, 1.82) is 0 Å². The number of hydrogen-bond donors (Lipinski definition) is 3. The lowest BCUT2D eigenvalue weighted by molar-refractivity contribution is 0.0703. The van der Waals surface area contributed by atoms with Crippen LogP contribution in [0.25, 0.3) is 0 Å². The molecule has 1 amide bonds. The lowest BCUT2D eigenvalue weighted by Gasteiger charge is -2.12. The topological polar surface area (TPSA) is 154 Å². The summed E-state index contributed by atoms with van der Waals surface area (Å²) in [5.41, 5.74) is 5.51. The summed E-state index contributed by atoms with van der Waals surface area (Å²) in [6, 6.07) is 12.3. The largest absolute Gasteiger partial charge is 0.496 e. The van der Waals surface area contributed by atoms with Crippen molar-refractivity contribution >= 4 is 38.9 Å². The van der Waals surface area contributed by atoms with Crippen LogP contribution in [0.5, 0.6) is 17.2 Å². The molecule has 0 bridgehead atoms. The van der Waals surface area contributed by atoms with Crippen LogP contribution in [0.3, 0.4) is 0 Å². The molecule has 0 fully saturated rings. The third kappa shape index (κ3) is 6.37. The number of benzene rings is 2. The van der Waals surface area contributed by atoms with Gasteiger partial charge in [0.2, 0.25) is 0 Å². The van der Waals surface area contributed by atoms with Crippen molar-refractivity contribution in [3.8, 4) is 17.2 Å². The Morgan fingerprint density at radius 2 is 1.55 bits per heavy atom. The van der Waals surface area contributed by atoms with Gasteiger partial charge in [-0.1, -0.05) is 18.2 Å². The summed E-state index contributed by atoms with van der Waals surface area (Å²) in [4.78, 5) is 22.1. The number of carbonyl (C=O) groups excluding carboxylic acids is 1. The van der Waals surface area contributed by atoms with E-state index < -0.39 is 21.9 Å². The van der Waals surface area contributed by atoms with Crippen molar-refractivity contribution in [1.82, 2.24) is 0 Å². The maximum atomic E-state index is 12.0. The van der Waals surface area contributed by atoms with E-state index in [1.165, 1.54) is 44.9 Å². The molecule has 4 N–H and O–H groups in total. The van der Waals surface area contributed by atoms with Crippen LogP contribution in [0.2, 0.25) is 0 Å². The molecule has 33 heavy (non-hydrogen) atoms. The zero-order chi connectivity index (χ0) is 24.6. The van der Waals surface area contributed by atoms with Crippen molar-refractivity contribution in [3.05, 3.63) is 64.4 Å². The molecule has 10 nitrogen and oxygen atoms in total. The highest BCUT2D eigenvalue weighted by Gasteiger charge is 2.19. The molecule has 0 saturated carbocycles. The van der Waals surface area contributed by atoms with E-state index >= 15 is 0 Å². The smallest absolute Gasteiger partial charge is 0.348 e. The number of carbonyl (C=O) groups is 2. The first-order valence-corrected chi connectivity index (χ1v) is 11.5. The number of carboxylic acid groups (broad SMARTS) is 1. The average Bonchev–Trinajstić information content (AvgIpc) is 3.26. The van der Waals surface area contributed by atoms with Crippen molar-refractivity contribution in [2.75, 3.05) is 26.1 Å². The minimum atomic E-state index is -3.75. The fourth-order valence-electron chi connectivity index (χ4n) is 2.61. The van der Waals surface area contributed by atoms with E-state index in [0.29, 0.717) is 17.2 Å². The number of rotatable bonds is 8. The van der Waals surface area contributed by atoms with Gasteiger partial charge in [-0.3, -0.25) is 9.52 Å². The summed E-state index contributed by atoms with van der Waals surface area (Å²) in [6.07, 6.45) is 0. The molecule has 12 heteroatoms. The number of carboxylic acids is 1. The molecule has 3 rings (SSSR count). The van der Waals surface area contributed by atoms with Gasteiger partial charge >= 0.3 is 5.97 Å². The number of primary amides is 1. The van der Waals surface area contributed by atoms with Gasteiger partial charge in [0.1, 0.15) is 27.7 Å². The third-order valence-corrected chi connectivity index (χ3v) is 6.40. The molecule has 0 spiro atoms. The Morgan fingerprint density at radius 3 is 2.00 bits per heavy atom. The molecule has 0 saturated heterocycles. The minimum absolute atomic E-state index is 0.0329. The van der Waals surface area contributed by atoms with Gasteiger partial charge in [-0.2, -0.15) is 0 Å². The highest BCUT2D eigenvalue weighted by Crippen LogP contribution is 2.33. The number of thiophene rings is 1. The van der Waals surface area contributed by atoms with Gasteiger partial charge in [0, 0.05) is 12.1 Å². The number of sulfonamides is 1. The summed E-state index contributed by atoms with van der Waals surface area (Å²) >= 11 is 0.967. The second kappa shape index (κ2) is 11.2. The summed E-state index contributed by atoms with van der Waals surface area (Å²) in [5.74, 6) is -0.562. The number of aromatic carboxylic acids is 1. The third-order valence-electron chi connectivity index (χ3n) is 4.12. The van der Waals surface area contributed by atoms with Crippen LogP contribution in [-0.4, -0.2) is 46.7 Å². The zero-order valence-corrected chi connectivity index (χ0v) is 19.5. The Labute approximate surface area is 194 Å². The molecule has 0 aliphatic rings. The number of ether oxygens (including phenoxy) is 3. The van der Waals surface area contributed by atoms with Crippen LogP contribution in [0, 0.1) is 0 Å². The first-order valence-electron chi connectivity index (χ1n) is 9.13. The van der Waals surface area contributed by atoms with E-state index in [1.54, 1.807) is 30.3 Å². The normalized spacial score (nSPS) is 10.4. The molecule has 1 aromatic heterocycles. The van der Waals surface area contributed by atoms with Crippen molar-refractivity contribution < 1.29 is 37.3 Å². The molecule has 176 valence electrons. The van der Waals surface area contributed by atoms with Crippen LogP contribution in [0.15, 0.2) is 58.8 Å². The molecule has 0 aliphatic heterocycles. The number of hydrogen-bond acceptors (Lipinski definition) is 8. The highest BCUT2D eigenvalue weighted by molar-refractivity contribution is 7.92. The molecule has 0 aliphatic carbocycles. The standard InChI is InChI=1S/C11H9NO4S2.C10H13NO4/c13-11(14)10-9(6-7-17-10)12-18(15,16)8-4-2-1-3-5-8;1-13-6-4-7(14-2)9(10(11)12)8(5-6)15-3/h1-7,12H,(H,13,14);4-5H,1-3H3,(H2,11,12). The summed E-state index contributed by atoms with van der Waals surface area (Å²) in [6.45, 7) is 0. The van der Waals surface area contributed by atoms with Crippen LogP contribution < -0.4 is 24.7 Å². The zero-order valence-electron chi connectivity index (χ0n) is 17.9. The van der Waals surface area contributed by atoms with Crippen LogP contribution in [0.4, 0.5) is 5.69 Å². The Hall–Kier alpha value is -3.77. The van der Waals surface area contributed by atoms with E-state index in [4.69, 9.17) is 25.1 Å². The Balaban J connectivity index is 0.000000238. The number of methoxy groups -OCH3 is 3. The van der Waals surface area contributed by atoms with E-state index in [2.05, 4.69) is 4.72 Å². The molecule has 0 unspecified atom stereocenters. The van der Waals surface area contributed by atoms with Gasteiger partial charge in [0.05, 0.1) is 31.9 Å². The molecule has 1 heterocycles. The van der Waals surface area contributed by atoms with Crippen molar-refractivity contribution in [2.24, 2.45) is 5.73 Å². The Kier molecular flexibility index (Phi) is 8.65. The van der Waals surface area contributed by atoms with Crippen molar-refractivity contribution in [2.45, 2.75) is 4.90 Å². The first kappa shape index (κ1) is 25.5. The average molecular weight is 495 g/mol. The second-order valence-electron chi connectivity index (χ2n) is 6.16. The first-order chi connectivity index (χ1) is 15.6. The van der Waals surface area contributed by atoms with Gasteiger partial charge in [-0.05, 0) is 23.6 Å². The second-order valence-corrected chi connectivity index (χ2v) is 8.76. The SMILES string of the molecule is COc1cc(OC)c(C(N)=O)c(OC)c1.O=C(O)c1sccc1NS(=O)(=O)c1ccccc1. The van der Waals surface area contributed by atoms with Crippen LogP contribution in [-0.2, 0) is 10.0 Å². The molecular weight excluding hydrogens is 472 g/mol. The lowest BCUT2D eigenvalue weighted by Crippen LogP contribution is -2.14. The highest BCUT2D eigenvalue weighted by atomic mass is 32.2. The molecule has 2 aromatic carbocycles. The van der Waals surface area contributed by atoms with Gasteiger partial charge in [-0.15, -0.1) is 11.3 Å². The number of nitrogens with two attached hydrogens (primary N) is 1. The quantitative estimate of drug-likeness (QED) is 0.432. The van der Waals surface area contributed by atoms with Gasteiger partial charge in [0.15, 0.2) is 0 Å². The van der Waals surface area contributed by atoms with E-state index in [0.717, 1.165) is 11.3 Å². The number of anilines is 1. The fraction of sp³-hybridized carbons (Fsp3) is 0.143. The number of amides is 1. The predicted octanol–water partition coefficient (Wildman–Crippen LogP) is 3.06. The van der Waals surface area contributed by atoms with Crippen LogP contribution in [0.1, 0.15) is 20.0 Å². The predicted molar refractivity (Wildman–Crippen MR) is 123 cm³/mol. The van der Waals surface area contributed by atoms with Crippen LogP contribution >= 0.6 is 11.3 Å². The monoisotopic (exact) mass is 494 g/mol. The van der Waals surface area contributed by atoms with E-state index in [-0.39, 0.29) is 21.0 Å². The Morgan fingerprint density at radius 1 is 0.970 bits per heavy atom. The van der Waals surface area contributed by atoms with Crippen molar-refractivity contribution in [3.63, 3.8) is 0 Å². The maximum absolute atomic E-state index is 12.0. The van der Waals surface area contributed by atoms with Gasteiger partial charge in [0.25, 0.3) is 15.9 Å². The van der Waals surface area contributed by atoms with Gasteiger partial charge in [-0.25, -0.2) is 13.2 Å².